The van der Waals surface area contributed by atoms with Crippen LogP contribution in [0.5, 0.6) is 0 Å². The number of nitrogens with one attached hydrogen (secondary N) is 2. The number of nitrogen functional groups attached to an aromatic ring is 1. The van der Waals surface area contributed by atoms with Gasteiger partial charge in [0.2, 0.25) is 5.91 Å². The van der Waals surface area contributed by atoms with Crippen LogP contribution in [0.3, 0.4) is 0 Å². The van der Waals surface area contributed by atoms with Crippen molar-refractivity contribution < 1.29 is 4.79 Å². The molecule has 5 nitrogen and oxygen atoms in total. The second-order valence-electron chi connectivity index (χ2n) is 4.67. The number of pyridine rings is 1. The molecule has 1 aliphatic carbocycles. The Kier molecular flexibility index (Phi) is 2.48. The molecule has 0 radical (unpaired) electrons. The van der Waals surface area contributed by atoms with E-state index in [1.54, 1.807) is 6.07 Å². The first-order chi connectivity index (χ1) is 8.24. The largest absolute Gasteiger partial charge is 0.384 e. The van der Waals surface area contributed by atoms with Gasteiger partial charge in [0.1, 0.15) is 5.82 Å². The number of nitrogens with two attached hydrogens (primary N) is 1. The van der Waals surface area contributed by atoms with E-state index in [9.17, 15) is 4.79 Å². The average Bonchev–Trinajstić information content (AvgIpc) is 2.58. The molecule has 0 aromatic carbocycles. The molecule has 2 aliphatic rings. The zero-order valence-corrected chi connectivity index (χ0v) is 9.57. The average molecular weight is 232 g/mol. The number of hydrogen-bond donors (Lipinski definition) is 3. The number of nitrogens with zero attached hydrogens (tertiary/aromatic N) is 1. The molecule has 1 aromatic rings. The first-order valence-electron chi connectivity index (χ1n) is 6.03. The second-order valence-corrected chi connectivity index (χ2v) is 4.67. The molecule has 1 aromatic heterocycles. The van der Waals surface area contributed by atoms with Gasteiger partial charge in [-0.3, -0.25) is 4.79 Å². The number of amides is 1. The lowest BCUT2D eigenvalue weighted by atomic mass is 10.1. The molecular weight excluding hydrogens is 216 g/mol. The second kappa shape index (κ2) is 4.00. The minimum Gasteiger partial charge on any atom is -0.384 e. The molecule has 3 rings (SSSR count). The van der Waals surface area contributed by atoms with Crippen molar-refractivity contribution in [2.24, 2.45) is 0 Å². The maximum Gasteiger partial charge on any atom is 0.237 e. The molecular formula is C12H16N4O. The summed E-state index contributed by atoms with van der Waals surface area (Å²) in [5.41, 5.74) is 7.79. The van der Waals surface area contributed by atoms with Gasteiger partial charge in [0.15, 0.2) is 0 Å². The maximum atomic E-state index is 11.8. The Morgan fingerprint density at radius 1 is 1.47 bits per heavy atom. The van der Waals surface area contributed by atoms with Crippen LogP contribution in [-0.4, -0.2) is 23.5 Å². The molecule has 1 aliphatic heterocycles. The van der Waals surface area contributed by atoms with Gasteiger partial charge in [-0.25, -0.2) is 4.98 Å². The molecule has 4 N–H and O–H groups in total. The topological polar surface area (TPSA) is 80.0 Å². The van der Waals surface area contributed by atoms with Crippen LogP contribution in [0, 0.1) is 0 Å². The Morgan fingerprint density at radius 2 is 2.29 bits per heavy atom. The lowest BCUT2D eigenvalue weighted by Gasteiger charge is -2.28. The Hall–Kier alpha value is -1.62. The van der Waals surface area contributed by atoms with Gasteiger partial charge < -0.3 is 16.4 Å². The van der Waals surface area contributed by atoms with E-state index in [-0.39, 0.29) is 18.0 Å². The van der Waals surface area contributed by atoms with Crippen molar-refractivity contribution in [1.82, 2.24) is 15.6 Å². The highest BCUT2D eigenvalue weighted by molar-refractivity contribution is 5.83. The van der Waals surface area contributed by atoms with Crippen molar-refractivity contribution in [3.8, 4) is 0 Å². The highest BCUT2D eigenvalue weighted by Crippen LogP contribution is 2.30. The molecule has 1 saturated heterocycles. The van der Waals surface area contributed by atoms with Crippen LogP contribution in [0.4, 0.5) is 5.82 Å². The lowest BCUT2D eigenvalue weighted by Crippen LogP contribution is -2.53. The maximum absolute atomic E-state index is 11.8. The fourth-order valence-electron chi connectivity index (χ4n) is 2.42. The molecule has 1 amide bonds. The van der Waals surface area contributed by atoms with Crippen LogP contribution in [0.15, 0.2) is 12.1 Å². The molecule has 0 bridgehead atoms. The smallest absolute Gasteiger partial charge is 0.237 e. The third kappa shape index (κ3) is 1.86. The van der Waals surface area contributed by atoms with Gasteiger partial charge >= 0.3 is 0 Å². The molecule has 2 atom stereocenters. The summed E-state index contributed by atoms with van der Waals surface area (Å²) in [6, 6.07) is 3.88. The summed E-state index contributed by atoms with van der Waals surface area (Å²) < 4.78 is 0. The van der Waals surface area contributed by atoms with Crippen LogP contribution >= 0.6 is 0 Å². The number of aromatic nitrogens is 1. The molecule has 5 heteroatoms. The highest BCUT2D eigenvalue weighted by Gasteiger charge is 2.30. The van der Waals surface area contributed by atoms with E-state index < -0.39 is 0 Å². The van der Waals surface area contributed by atoms with Crippen LogP contribution in [0.2, 0.25) is 0 Å². The van der Waals surface area contributed by atoms with Crippen molar-refractivity contribution in [3.05, 3.63) is 23.4 Å². The van der Waals surface area contributed by atoms with E-state index in [1.165, 1.54) is 0 Å². The van der Waals surface area contributed by atoms with Gasteiger partial charge in [-0.2, -0.15) is 0 Å². The van der Waals surface area contributed by atoms with Crippen molar-refractivity contribution in [1.29, 1.82) is 0 Å². The Labute approximate surface area is 99.8 Å². The van der Waals surface area contributed by atoms with E-state index in [0.29, 0.717) is 5.82 Å². The van der Waals surface area contributed by atoms with E-state index in [0.717, 1.165) is 37.1 Å². The summed E-state index contributed by atoms with van der Waals surface area (Å²) in [4.78, 5) is 16.1. The van der Waals surface area contributed by atoms with Gasteiger partial charge in [0, 0.05) is 5.69 Å². The first kappa shape index (κ1) is 10.5. The molecule has 90 valence electrons. The van der Waals surface area contributed by atoms with E-state index in [2.05, 4.69) is 15.6 Å². The fourth-order valence-corrected chi connectivity index (χ4v) is 2.42. The first-order valence-corrected chi connectivity index (χ1v) is 6.03. The van der Waals surface area contributed by atoms with Crippen LogP contribution < -0.4 is 16.4 Å². The third-order valence-corrected chi connectivity index (χ3v) is 3.53. The molecule has 2 heterocycles. The molecule has 0 saturated carbocycles. The number of carbonyl (C=O) groups is 1. The normalized spacial score (nSPS) is 26.1. The van der Waals surface area contributed by atoms with E-state index in [1.807, 2.05) is 6.07 Å². The quantitative estimate of drug-likeness (QED) is 0.677. The van der Waals surface area contributed by atoms with Gasteiger partial charge in [0.05, 0.1) is 12.1 Å². The molecule has 17 heavy (non-hydrogen) atoms. The number of fused-ring (bicyclic) bond motifs is 1. The van der Waals surface area contributed by atoms with E-state index >= 15 is 0 Å². The van der Waals surface area contributed by atoms with Crippen LogP contribution in [0.25, 0.3) is 0 Å². The van der Waals surface area contributed by atoms with Gasteiger partial charge in [-0.1, -0.05) is 6.07 Å². The molecule has 1 unspecified atom stereocenters. The number of anilines is 1. The predicted molar refractivity (Wildman–Crippen MR) is 64.3 cm³/mol. The fraction of sp³-hybridized carbons (Fsp3) is 0.500. The Bertz CT molecular complexity index is 456. The SMILES string of the molecule is Nc1ccc2c(n1)CCC2NC(=O)[C@@H]1CCN1. The van der Waals surface area contributed by atoms with Crippen LogP contribution in [0.1, 0.15) is 30.1 Å². The summed E-state index contributed by atoms with van der Waals surface area (Å²) in [7, 11) is 0. The van der Waals surface area contributed by atoms with E-state index in [4.69, 9.17) is 5.73 Å². The summed E-state index contributed by atoms with van der Waals surface area (Å²) in [6.45, 7) is 0.942. The van der Waals surface area contributed by atoms with Crippen molar-refractivity contribution in [3.63, 3.8) is 0 Å². The van der Waals surface area contributed by atoms with Crippen molar-refractivity contribution >= 4 is 11.7 Å². The minimum atomic E-state index is 0.000732. The lowest BCUT2D eigenvalue weighted by molar-refractivity contribution is -0.125. The van der Waals surface area contributed by atoms with Crippen molar-refractivity contribution in [2.45, 2.75) is 31.3 Å². The van der Waals surface area contributed by atoms with Crippen LogP contribution in [-0.2, 0) is 11.2 Å². The summed E-state index contributed by atoms with van der Waals surface area (Å²) in [5.74, 6) is 0.655. The highest BCUT2D eigenvalue weighted by atomic mass is 16.2. The third-order valence-electron chi connectivity index (χ3n) is 3.53. The van der Waals surface area contributed by atoms with Gasteiger partial charge in [-0.05, 0) is 37.4 Å². The Morgan fingerprint density at radius 3 is 3.00 bits per heavy atom. The molecule has 0 spiro atoms. The minimum absolute atomic E-state index is 0.000732. The number of aryl methyl sites for hydroxylation is 1. The van der Waals surface area contributed by atoms with Crippen molar-refractivity contribution in [2.75, 3.05) is 12.3 Å². The van der Waals surface area contributed by atoms with Gasteiger partial charge in [-0.15, -0.1) is 0 Å². The monoisotopic (exact) mass is 232 g/mol. The summed E-state index contributed by atoms with van der Waals surface area (Å²) in [6.07, 6.45) is 2.75. The number of rotatable bonds is 2. The zero-order chi connectivity index (χ0) is 11.8. The number of hydrogen-bond acceptors (Lipinski definition) is 4. The number of carbonyl (C=O) groups excluding carboxylic acids is 1. The zero-order valence-electron chi connectivity index (χ0n) is 9.57. The molecule has 1 fully saturated rings. The van der Waals surface area contributed by atoms with Gasteiger partial charge in [0.25, 0.3) is 0 Å². The predicted octanol–water partition coefficient (Wildman–Crippen LogP) is 0.129. The standard InChI is InChI=1S/C12H16N4O/c13-11-4-1-7-8(15-11)2-3-9(7)16-12(17)10-5-6-14-10/h1,4,9-10,14H,2-3,5-6H2,(H2,13,15)(H,16,17)/t9?,10-/m0/s1. The summed E-state index contributed by atoms with van der Waals surface area (Å²) in [5, 5.41) is 6.18. The Balaban J connectivity index is 1.72. The summed E-state index contributed by atoms with van der Waals surface area (Å²) >= 11 is 0.